The summed E-state index contributed by atoms with van der Waals surface area (Å²) in [5.74, 6) is -0.115. The molecule has 1 heterocycles. The van der Waals surface area contributed by atoms with Crippen molar-refractivity contribution in [1.29, 1.82) is 0 Å². The SMILES string of the molecule is CCCSc1nn(C2CCCC2O)c(N)c1C(=O)O. The van der Waals surface area contributed by atoms with Crippen molar-refractivity contribution >= 4 is 23.5 Å². The second kappa shape index (κ2) is 5.83. The van der Waals surface area contributed by atoms with Gasteiger partial charge in [-0.15, -0.1) is 11.8 Å². The van der Waals surface area contributed by atoms with Crippen LogP contribution in [0.3, 0.4) is 0 Å². The van der Waals surface area contributed by atoms with E-state index in [1.807, 2.05) is 6.92 Å². The van der Waals surface area contributed by atoms with Crippen molar-refractivity contribution in [3.05, 3.63) is 5.56 Å². The molecule has 2 atom stereocenters. The summed E-state index contributed by atoms with van der Waals surface area (Å²) >= 11 is 1.40. The summed E-state index contributed by atoms with van der Waals surface area (Å²) in [6, 6.07) is -0.200. The van der Waals surface area contributed by atoms with Gasteiger partial charge in [0.2, 0.25) is 0 Å². The lowest BCUT2D eigenvalue weighted by molar-refractivity contribution is 0.0694. The molecule has 1 aromatic rings. The Morgan fingerprint density at radius 3 is 2.84 bits per heavy atom. The fourth-order valence-electron chi connectivity index (χ4n) is 2.39. The summed E-state index contributed by atoms with van der Waals surface area (Å²) in [4.78, 5) is 11.3. The number of anilines is 1. The highest BCUT2D eigenvalue weighted by Crippen LogP contribution is 2.35. The number of thioether (sulfide) groups is 1. The topological polar surface area (TPSA) is 101 Å². The molecule has 4 N–H and O–H groups in total. The van der Waals surface area contributed by atoms with Crippen molar-refractivity contribution in [2.75, 3.05) is 11.5 Å². The molecule has 0 saturated heterocycles. The van der Waals surface area contributed by atoms with Crippen molar-refractivity contribution in [3.63, 3.8) is 0 Å². The summed E-state index contributed by atoms with van der Waals surface area (Å²) in [7, 11) is 0. The molecule has 1 aliphatic rings. The molecule has 1 saturated carbocycles. The fourth-order valence-corrected chi connectivity index (χ4v) is 3.27. The lowest BCUT2D eigenvalue weighted by Crippen LogP contribution is -2.21. The standard InChI is InChI=1S/C12H19N3O3S/c1-2-6-19-11-9(12(17)18)10(13)15(14-11)7-4-3-5-8(7)16/h7-8,16H,2-6,13H2,1H3,(H,17,18). The normalized spacial score (nSPS) is 22.8. The van der Waals surface area contributed by atoms with E-state index < -0.39 is 12.1 Å². The second-order valence-corrected chi connectivity index (χ2v) is 5.81. The van der Waals surface area contributed by atoms with Gasteiger partial charge in [0.15, 0.2) is 0 Å². The molecule has 19 heavy (non-hydrogen) atoms. The van der Waals surface area contributed by atoms with Gasteiger partial charge in [-0.05, 0) is 31.4 Å². The van der Waals surface area contributed by atoms with Gasteiger partial charge in [0.05, 0.1) is 12.1 Å². The number of nitrogen functional groups attached to an aromatic ring is 1. The number of rotatable bonds is 5. The quantitative estimate of drug-likeness (QED) is 0.712. The van der Waals surface area contributed by atoms with Crippen LogP contribution in [-0.4, -0.2) is 37.8 Å². The lowest BCUT2D eigenvalue weighted by atomic mass is 10.2. The summed E-state index contributed by atoms with van der Waals surface area (Å²) in [5, 5.41) is 23.9. The van der Waals surface area contributed by atoms with E-state index >= 15 is 0 Å². The molecule has 106 valence electrons. The van der Waals surface area contributed by atoms with Gasteiger partial charge in [0.1, 0.15) is 16.4 Å². The molecule has 1 aromatic heterocycles. The molecule has 0 spiro atoms. The highest BCUT2D eigenvalue weighted by molar-refractivity contribution is 7.99. The minimum atomic E-state index is -1.06. The number of nitrogens with zero attached hydrogens (tertiary/aromatic N) is 2. The Bertz CT molecular complexity index is 475. The maximum absolute atomic E-state index is 11.3. The Kier molecular flexibility index (Phi) is 4.36. The van der Waals surface area contributed by atoms with Gasteiger partial charge in [0.25, 0.3) is 0 Å². The minimum Gasteiger partial charge on any atom is -0.477 e. The average Bonchev–Trinajstić information content (AvgIpc) is 2.90. The van der Waals surface area contributed by atoms with Crippen molar-refractivity contribution in [2.24, 2.45) is 0 Å². The van der Waals surface area contributed by atoms with Crippen LogP contribution in [0.4, 0.5) is 5.82 Å². The highest BCUT2D eigenvalue weighted by atomic mass is 32.2. The van der Waals surface area contributed by atoms with Crippen molar-refractivity contribution < 1.29 is 15.0 Å². The van der Waals surface area contributed by atoms with Crippen molar-refractivity contribution in [3.8, 4) is 0 Å². The number of carbonyl (C=O) groups is 1. The maximum atomic E-state index is 11.3. The predicted molar refractivity (Wildman–Crippen MR) is 73.5 cm³/mol. The summed E-state index contributed by atoms with van der Waals surface area (Å²) in [6.07, 6.45) is 2.84. The summed E-state index contributed by atoms with van der Waals surface area (Å²) < 4.78 is 1.50. The number of nitrogens with two attached hydrogens (primary N) is 1. The number of hydrogen-bond donors (Lipinski definition) is 3. The van der Waals surface area contributed by atoms with Crippen molar-refractivity contribution in [2.45, 2.75) is 49.8 Å². The van der Waals surface area contributed by atoms with Crippen LogP contribution in [0, 0.1) is 0 Å². The zero-order chi connectivity index (χ0) is 14.0. The van der Waals surface area contributed by atoms with Gasteiger partial charge in [-0.2, -0.15) is 5.10 Å². The first-order valence-electron chi connectivity index (χ1n) is 6.48. The third-order valence-electron chi connectivity index (χ3n) is 3.33. The molecular formula is C12H19N3O3S. The second-order valence-electron chi connectivity index (χ2n) is 4.73. The van der Waals surface area contributed by atoms with Gasteiger partial charge < -0.3 is 15.9 Å². The van der Waals surface area contributed by atoms with Gasteiger partial charge in [-0.1, -0.05) is 6.92 Å². The molecular weight excluding hydrogens is 266 g/mol. The van der Waals surface area contributed by atoms with Crippen LogP contribution >= 0.6 is 11.8 Å². The van der Waals surface area contributed by atoms with Crippen LogP contribution in [-0.2, 0) is 0 Å². The van der Waals surface area contributed by atoms with Crippen LogP contribution in [0.2, 0.25) is 0 Å². The van der Waals surface area contributed by atoms with Gasteiger partial charge in [-0.25, -0.2) is 9.48 Å². The first kappa shape index (κ1) is 14.2. The van der Waals surface area contributed by atoms with Gasteiger partial charge in [0, 0.05) is 0 Å². The number of aliphatic hydroxyl groups is 1. The first-order chi connectivity index (χ1) is 9.06. The van der Waals surface area contributed by atoms with Gasteiger partial charge >= 0.3 is 5.97 Å². The monoisotopic (exact) mass is 285 g/mol. The first-order valence-corrected chi connectivity index (χ1v) is 7.47. The van der Waals surface area contributed by atoms with Crippen LogP contribution < -0.4 is 5.73 Å². The van der Waals surface area contributed by atoms with E-state index in [4.69, 9.17) is 5.73 Å². The Balaban J connectivity index is 2.36. The number of aromatic nitrogens is 2. The largest absolute Gasteiger partial charge is 0.477 e. The molecule has 1 aliphatic carbocycles. The van der Waals surface area contributed by atoms with E-state index in [2.05, 4.69) is 5.10 Å². The summed E-state index contributed by atoms with van der Waals surface area (Å²) in [6.45, 7) is 2.02. The molecule has 1 fully saturated rings. The number of aliphatic hydroxyl groups excluding tert-OH is 1. The van der Waals surface area contributed by atoms with E-state index in [-0.39, 0.29) is 17.4 Å². The highest BCUT2D eigenvalue weighted by Gasteiger charge is 2.32. The van der Waals surface area contributed by atoms with E-state index in [1.165, 1.54) is 16.4 Å². The average molecular weight is 285 g/mol. The number of carboxylic acid groups (broad SMARTS) is 1. The Morgan fingerprint density at radius 1 is 1.58 bits per heavy atom. The Labute approximate surface area is 116 Å². The van der Waals surface area contributed by atoms with E-state index in [0.29, 0.717) is 11.4 Å². The third-order valence-corrected chi connectivity index (χ3v) is 4.50. The van der Waals surface area contributed by atoms with E-state index in [0.717, 1.165) is 25.0 Å². The Morgan fingerprint density at radius 2 is 2.32 bits per heavy atom. The van der Waals surface area contributed by atoms with Crippen LogP contribution in [0.5, 0.6) is 0 Å². The molecule has 0 bridgehead atoms. The van der Waals surface area contributed by atoms with Crippen LogP contribution in [0.25, 0.3) is 0 Å². The van der Waals surface area contributed by atoms with Crippen LogP contribution in [0.15, 0.2) is 5.03 Å². The zero-order valence-electron chi connectivity index (χ0n) is 10.9. The molecule has 2 rings (SSSR count). The number of hydrogen-bond acceptors (Lipinski definition) is 5. The molecule has 6 nitrogen and oxygen atoms in total. The molecule has 7 heteroatoms. The van der Waals surface area contributed by atoms with E-state index in [1.54, 1.807) is 0 Å². The fraction of sp³-hybridized carbons (Fsp3) is 0.667. The smallest absolute Gasteiger partial charge is 0.342 e. The molecule has 0 radical (unpaired) electrons. The summed E-state index contributed by atoms with van der Waals surface area (Å²) in [5.41, 5.74) is 5.98. The molecule has 0 aliphatic heterocycles. The molecule has 0 aromatic carbocycles. The minimum absolute atomic E-state index is 0.0672. The zero-order valence-corrected chi connectivity index (χ0v) is 11.7. The molecule has 2 unspecified atom stereocenters. The van der Waals surface area contributed by atoms with E-state index in [9.17, 15) is 15.0 Å². The maximum Gasteiger partial charge on any atom is 0.342 e. The van der Waals surface area contributed by atoms with Crippen LogP contribution in [0.1, 0.15) is 49.0 Å². The number of carboxylic acids is 1. The Hall–Kier alpha value is -1.21. The lowest BCUT2D eigenvalue weighted by Gasteiger charge is -2.16. The molecule has 0 amide bonds. The third kappa shape index (κ3) is 2.71. The van der Waals surface area contributed by atoms with Crippen molar-refractivity contribution in [1.82, 2.24) is 9.78 Å². The number of aromatic carboxylic acids is 1. The predicted octanol–water partition coefficient (Wildman–Crippen LogP) is 1.75. The van der Waals surface area contributed by atoms with Gasteiger partial charge in [-0.3, -0.25) is 0 Å².